The van der Waals surface area contributed by atoms with Crippen LogP contribution in [-0.2, 0) is 0 Å². The van der Waals surface area contributed by atoms with Gasteiger partial charge in [-0.15, -0.1) is 5.10 Å². The molecule has 18 heavy (non-hydrogen) atoms. The normalized spacial score (nSPS) is 17.4. The van der Waals surface area contributed by atoms with Crippen LogP contribution in [0.3, 0.4) is 0 Å². The van der Waals surface area contributed by atoms with Crippen LogP contribution >= 0.6 is 0 Å². The molecule has 1 fully saturated rings. The molecular formula is C14H24N4. The number of aryl methyl sites for hydroxylation is 1. The third-order valence-electron chi connectivity index (χ3n) is 3.52. The van der Waals surface area contributed by atoms with Crippen LogP contribution in [0.2, 0.25) is 0 Å². The summed E-state index contributed by atoms with van der Waals surface area (Å²) in [6.45, 7) is 3.86. The van der Waals surface area contributed by atoms with E-state index in [1.165, 1.54) is 38.5 Å². The van der Waals surface area contributed by atoms with E-state index in [2.05, 4.69) is 20.8 Å². The van der Waals surface area contributed by atoms with Crippen molar-refractivity contribution >= 4 is 5.82 Å². The van der Waals surface area contributed by atoms with Crippen LogP contribution < -0.4 is 10.6 Å². The van der Waals surface area contributed by atoms with E-state index in [0.29, 0.717) is 0 Å². The molecule has 4 heteroatoms. The molecule has 0 unspecified atom stereocenters. The zero-order valence-corrected chi connectivity index (χ0v) is 11.3. The van der Waals surface area contributed by atoms with Crippen molar-refractivity contribution in [1.82, 2.24) is 15.5 Å². The lowest BCUT2D eigenvalue weighted by atomic mass is 10.1. The second-order valence-electron chi connectivity index (χ2n) is 5.13. The number of nitrogens with one attached hydrogen (secondary N) is 2. The highest BCUT2D eigenvalue weighted by molar-refractivity contribution is 5.32. The third-order valence-corrected chi connectivity index (χ3v) is 3.52. The fourth-order valence-corrected chi connectivity index (χ4v) is 2.44. The van der Waals surface area contributed by atoms with Gasteiger partial charge in [-0.25, -0.2) is 0 Å². The lowest BCUT2D eigenvalue weighted by molar-refractivity contribution is 0.468. The molecule has 2 N–H and O–H groups in total. The predicted octanol–water partition coefficient (Wildman–Crippen LogP) is 2.51. The Bertz CT molecular complexity index is 328. The molecule has 100 valence electrons. The van der Waals surface area contributed by atoms with Gasteiger partial charge in [0.15, 0.2) is 0 Å². The van der Waals surface area contributed by atoms with Crippen LogP contribution in [-0.4, -0.2) is 29.3 Å². The van der Waals surface area contributed by atoms with Gasteiger partial charge in [-0.3, -0.25) is 0 Å². The van der Waals surface area contributed by atoms with Crippen LogP contribution in [0, 0.1) is 6.92 Å². The van der Waals surface area contributed by atoms with Gasteiger partial charge in [0.05, 0.1) is 5.69 Å². The monoisotopic (exact) mass is 248 g/mol. The first-order valence-electron chi connectivity index (χ1n) is 7.12. The summed E-state index contributed by atoms with van der Waals surface area (Å²) in [6.07, 6.45) is 8.27. The molecule has 0 atom stereocenters. The van der Waals surface area contributed by atoms with Crippen molar-refractivity contribution in [3.63, 3.8) is 0 Å². The Morgan fingerprint density at radius 3 is 2.50 bits per heavy atom. The van der Waals surface area contributed by atoms with E-state index >= 15 is 0 Å². The van der Waals surface area contributed by atoms with E-state index in [9.17, 15) is 0 Å². The molecule has 1 aromatic heterocycles. The fraction of sp³-hybridized carbons (Fsp3) is 0.714. The van der Waals surface area contributed by atoms with Crippen LogP contribution in [0.15, 0.2) is 12.1 Å². The summed E-state index contributed by atoms with van der Waals surface area (Å²) in [4.78, 5) is 0. The predicted molar refractivity (Wildman–Crippen MR) is 74.8 cm³/mol. The summed E-state index contributed by atoms with van der Waals surface area (Å²) in [5.74, 6) is 0.864. The van der Waals surface area contributed by atoms with Gasteiger partial charge in [-0.1, -0.05) is 25.7 Å². The summed E-state index contributed by atoms with van der Waals surface area (Å²) >= 11 is 0. The van der Waals surface area contributed by atoms with Crippen molar-refractivity contribution in [2.24, 2.45) is 0 Å². The van der Waals surface area contributed by atoms with Gasteiger partial charge in [-0.05, 0) is 31.9 Å². The van der Waals surface area contributed by atoms with E-state index < -0.39 is 0 Å². The second kappa shape index (κ2) is 7.31. The van der Waals surface area contributed by atoms with Crippen molar-refractivity contribution in [3.8, 4) is 0 Å². The summed E-state index contributed by atoms with van der Waals surface area (Å²) in [5.41, 5.74) is 0.956. The lowest BCUT2D eigenvalue weighted by Gasteiger charge is -2.16. The molecule has 0 radical (unpaired) electrons. The summed E-state index contributed by atoms with van der Waals surface area (Å²) < 4.78 is 0. The van der Waals surface area contributed by atoms with Gasteiger partial charge >= 0.3 is 0 Å². The van der Waals surface area contributed by atoms with E-state index in [1.807, 2.05) is 19.1 Å². The minimum Gasteiger partial charge on any atom is -0.367 e. The zero-order chi connectivity index (χ0) is 12.6. The van der Waals surface area contributed by atoms with Gasteiger partial charge < -0.3 is 10.6 Å². The van der Waals surface area contributed by atoms with E-state index in [-0.39, 0.29) is 0 Å². The van der Waals surface area contributed by atoms with Crippen LogP contribution in [0.1, 0.15) is 44.2 Å². The number of anilines is 1. The first-order valence-corrected chi connectivity index (χ1v) is 7.12. The Hall–Kier alpha value is -1.16. The summed E-state index contributed by atoms with van der Waals surface area (Å²) in [5, 5.41) is 15.0. The SMILES string of the molecule is Cc1ccc(NCCNC2CCCCCC2)nn1. The van der Waals surface area contributed by atoms with Gasteiger partial charge in [0, 0.05) is 19.1 Å². The lowest BCUT2D eigenvalue weighted by Crippen LogP contribution is -2.32. The minimum atomic E-state index is 0.721. The molecular weight excluding hydrogens is 224 g/mol. The quantitative estimate of drug-likeness (QED) is 0.621. The molecule has 0 bridgehead atoms. The van der Waals surface area contributed by atoms with E-state index in [4.69, 9.17) is 0 Å². The molecule has 1 aromatic rings. The maximum atomic E-state index is 4.09. The molecule has 0 aliphatic heterocycles. The maximum Gasteiger partial charge on any atom is 0.148 e. The Morgan fingerprint density at radius 1 is 1.06 bits per heavy atom. The second-order valence-corrected chi connectivity index (χ2v) is 5.13. The van der Waals surface area contributed by atoms with Crippen LogP contribution in [0.5, 0.6) is 0 Å². The van der Waals surface area contributed by atoms with Crippen molar-refractivity contribution in [3.05, 3.63) is 17.8 Å². The van der Waals surface area contributed by atoms with Gasteiger partial charge in [-0.2, -0.15) is 5.10 Å². The molecule has 0 saturated heterocycles. The highest BCUT2D eigenvalue weighted by Crippen LogP contribution is 2.16. The minimum absolute atomic E-state index is 0.721. The van der Waals surface area contributed by atoms with Gasteiger partial charge in [0.2, 0.25) is 0 Å². The van der Waals surface area contributed by atoms with Gasteiger partial charge in [0.1, 0.15) is 5.82 Å². The molecule has 1 aliphatic rings. The zero-order valence-electron chi connectivity index (χ0n) is 11.3. The number of rotatable bonds is 5. The Labute approximate surface area is 110 Å². The molecule has 1 heterocycles. The van der Waals surface area contributed by atoms with E-state index in [1.54, 1.807) is 0 Å². The fourth-order valence-electron chi connectivity index (χ4n) is 2.44. The standard InChI is InChI=1S/C14H24N4/c1-12-8-9-14(18-17-12)16-11-10-15-13-6-4-2-3-5-7-13/h8-9,13,15H,2-7,10-11H2,1H3,(H,16,18). The average Bonchev–Trinajstić information content (AvgIpc) is 2.65. The van der Waals surface area contributed by atoms with E-state index in [0.717, 1.165) is 30.6 Å². The number of hydrogen-bond donors (Lipinski definition) is 2. The molecule has 0 spiro atoms. The largest absolute Gasteiger partial charge is 0.367 e. The Balaban J connectivity index is 1.61. The van der Waals surface area contributed by atoms with Crippen molar-refractivity contribution < 1.29 is 0 Å². The average molecular weight is 248 g/mol. The molecule has 0 aromatic carbocycles. The summed E-state index contributed by atoms with van der Waals surface area (Å²) in [7, 11) is 0. The number of nitrogens with zero attached hydrogens (tertiary/aromatic N) is 2. The number of aromatic nitrogens is 2. The number of hydrogen-bond acceptors (Lipinski definition) is 4. The van der Waals surface area contributed by atoms with Crippen molar-refractivity contribution in [1.29, 1.82) is 0 Å². The summed E-state index contributed by atoms with van der Waals surface area (Å²) in [6, 6.07) is 4.68. The topological polar surface area (TPSA) is 49.8 Å². The van der Waals surface area contributed by atoms with Crippen molar-refractivity contribution in [2.45, 2.75) is 51.5 Å². The van der Waals surface area contributed by atoms with Crippen LogP contribution in [0.25, 0.3) is 0 Å². The molecule has 4 nitrogen and oxygen atoms in total. The maximum absolute atomic E-state index is 4.09. The molecule has 2 rings (SSSR count). The Morgan fingerprint density at radius 2 is 1.83 bits per heavy atom. The molecule has 1 aliphatic carbocycles. The Kier molecular flexibility index (Phi) is 5.39. The van der Waals surface area contributed by atoms with Crippen LogP contribution in [0.4, 0.5) is 5.82 Å². The van der Waals surface area contributed by atoms with Gasteiger partial charge in [0.25, 0.3) is 0 Å². The smallest absolute Gasteiger partial charge is 0.148 e. The van der Waals surface area contributed by atoms with Crippen molar-refractivity contribution in [2.75, 3.05) is 18.4 Å². The molecule has 0 amide bonds. The first kappa shape index (κ1) is 13.3. The first-order chi connectivity index (χ1) is 8.84. The molecule has 1 saturated carbocycles. The highest BCUT2D eigenvalue weighted by Gasteiger charge is 2.10. The third kappa shape index (κ3) is 4.61. The highest BCUT2D eigenvalue weighted by atomic mass is 15.2.